The molecule has 0 fully saturated rings. The Bertz CT molecular complexity index is 519. The first-order valence-corrected chi connectivity index (χ1v) is 6.76. The van der Waals surface area contributed by atoms with Crippen molar-refractivity contribution < 1.29 is 24.3 Å². The van der Waals surface area contributed by atoms with Crippen LogP contribution in [0.25, 0.3) is 0 Å². The average Bonchev–Trinajstić information content (AvgIpc) is 2.35. The molecule has 0 radical (unpaired) electrons. The minimum Gasteiger partial charge on any atom is -0.465 e. The van der Waals surface area contributed by atoms with Gasteiger partial charge in [0, 0.05) is 0 Å². The maximum absolute atomic E-state index is 11.5. The fraction of sp³-hybridized carbons (Fsp3) is 0.533. The Morgan fingerprint density at radius 1 is 1.24 bits per heavy atom. The molecule has 2 N–H and O–H groups in total. The van der Waals surface area contributed by atoms with E-state index in [1.54, 1.807) is 52.8 Å². The van der Waals surface area contributed by atoms with Gasteiger partial charge in [-0.1, -0.05) is 11.6 Å². The summed E-state index contributed by atoms with van der Waals surface area (Å²) in [7, 11) is 0.119. The summed E-state index contributed by atoms with van der Waals surface area (Å²) in [5.41, 5.74) is -0.405. The molecule has 0 aliphatic heterocycles. The van der Waals surface area contributed by atoms with Gasteiger partial charge in [-0.3, -0.25) is 0 Å². The van der Waals surface area contributed by atoms with Crippen molar-refractivity contribution in [3.05, 3.63) is 29.3 Å². The fourth-order valence-corrected chi connectivity index (χ4v) is 1.68. The molecule has 1 aromatic carbocycles. The molecule has 0 aliphatic carbocycles. The van der Waals surface area contributed by atoms with E-state index in [2.05, 4.69) is 4.74 Å². The van der Waals surface area contributed by atoms with Crippen molar-refractivity contribution in [3.63, 3.8) is 0 Å². The normalized spacial score (nSPS) is 12.2. The van der Waals surface area contributed by atoms with Crippen LogP contribution in [-0.4, -0.2) is 41.5 Å². The molecule has 0 unspecified atom stereocenters. The molecular formula is C15H23BO5. The predicted octanol–water partition coefficient (Wildman–Crippen LogP) is 1.04. The van der Waals surface area contributed by atoms with Gasteiger partial charge in [0.05, 0.1) is 23.9 Å². The lowest BCUT2D eigenvalue weighted by molar-refractivity contribution is -0.0982. The van der Waals surface area contributed by atoms with Crippen molar-refractivity contribution in [1.29, 1.82) is 0 Å². The molecule has 1 aromatic rings. The number of rotatable bonds is 5. The minimum absolute atomic E-state index is 0.410. The number of ether oxygens (including phenoxy) is 1. The zero-order valence-corrected chi connectivity index (χ0v) is 13.4. The highest BCUT2D eigenvalue weighted by Gasteiger charge is 2.39. The quantitative estimate of drug-likeness (QED) is 0.627. The van der Waals surface area contributed by atoms with E-state index in [0.717, 1.165) is 0 Å². The minimum atomic E-state index is -1.20. The number of aliphatic hydroxyl groups is 1. The van der Waals surface area contributed by atoms with Crippen molar-refractivity contribution >= 4 is 18.6 Å². The van der Waals surface area contributed by atoms with E-state index in [1.807, 2.05) is 0 Å². The first-order valence-electron chi connectivity index (χ1n) is 6.76. The zero-order chi connectivity index (χ0) is 16.4. The average molecular weight is 294 g/mol. The Hall–Kier alpha value is -1.37. The number of hydrogen-bond acceptors (Lipinski definition) is 5. The molecule has 0 amide bonds. The summed E-state index contributed by atoms with van der Waals surface area (Å²) in [4.78, 5) is 11.5. The van der Waals surface area contributed by atoms with Gasteiger partial charge in [-0.2, -0.15) is 0 Å². The molecule has 1 rings (SSSR count). The maximum Gasteiger partial charge on any atom is 0.491 e. The molecule has 116 valence electrons. The van der Waals surface area contributed by atoms with E-state index >= 15 is 0 Å². The van der Waals surface area contributed by atoms with E-state index in [9.17, 15) is 14.9 Å². The Balaban J connectivity index is 2.99. The smallest absolute Gasteiger partial charge is 0.465 e. The van der Waals surface area contributed by atoms with Crippen LogP contribution in [0.3, 0.4) is 0 Å². The zero-order valence-electron chi connectivity index (χ0n) is 13.4. The lowest BCUT2D eigenvalue weighted by Crippen LogP contribution is -2.53. The van der Waals surface area contributed by atoms with Crippen LogP contribution in [0.1, 0.15) is 43.6 Å². The standard InChI is InChI=1S/C15H23BO5/c1-10-9-11(13(17)20-6)7-8-12(10)16(19)21-15(4,5)14(2,3)18/h7-9,18-19H,1-6H3. The van der Waals surface area contributed by atoms with Crippen LogP contribution in [0.15, 0.2) is 18.2 Å². The summed E-state index contributed by atoms with van der Waals surface area (Å²) in [6.45, 7) is 8.41. The van der Waals surface area contributed by atoms with Gasteiger partial charge in [0.25, 0.3) is 0 Å². The van der Waals surface area contributed by atoms with Gasteiger partial charge in [-0.15, -0.1) is 0 Å². The molecule has 21 heavy (non-hydrogen) atoms. The van der Waals surface area contributed by atoms with Gasteiger partial charge < -0.3 is 19.5 Å². The van der Waals surface area contributed by atoms with Crippen LogP contribution in [0.2, 0.25) is 0 Å². The molecule has 0 bridgehead atoms. The molecule has 6 heteroatoms. The van der Waals surface area contributed by atoms with Crippen molar-refractivity contribution in [2.45, 2.75) is 45.8 Å². The SMILES string of the molecule is COC(=O)c1ccc(B(O)OC(C)(C)C(C)(C)O)c(C)c1. The summed E-state index contributed by atoms with van der Waals surface area (Å²) in [5, 5.41) is 20.3. The highest BCUT2D eigenvalue weighted by molar-refractivity contribution is 6.60. The van der Waals surface area contributed by atoms with Crippen LogP contribution in [0.4, 0.5) is 0 Å². The largest absolute Gasteiger partial charge is 0.491 e. The number of aryl methyl sites for hydroxylation is 1. The van der Waals surface area contributed by atoms with Gasteiger partial charge in [-0.25, -0.2) is 4.79 Å². The third-order valence-electron chi connectivity index (χ3n) is 3.84. The summed E-state index contributed by atoms with van der Waals surface area (Å²) in [6, 6.07) is 4.81. The van der Waals surface area contributed by atoms with Crippen LogP contribution in [0, 0.1) is 6.92 Å². The molecule has 0 atom stereocenters. The number of carbonyl (C=O) groups excluding carboxylic acids is 1. The van der Waals surface area contributed by atoms with Gasteiger partial charge in [0.15, 0.2) is 0 Å². The number of esters is 1. The Morgan fingerprint density at radius 3 is 2.24 bits per heavy atom. The van der Waals surface area contributed by atoms with Crippen LogP contribution in [0.5, 0.6) is 0 Å². The molecule has 0 heterocycles. The molecular weight excluding hydrogens is 271 g/mol. The monoisotopic (exact) mass is 294 g/mol. The van der Waals surface area contributed by atoms with E-state index in [4.69, 9.17) is 4.65 Å². The van der Waals surface area contributed by atoms with E-state index in [1.165, 1.54) is 7.11 Å². The third kappa shape index (κ3) is 4.06. The summed E-state index contributed by atoms with van der Waals surface area (Å²) < 4.78 is 10.2. The Morgan fingerprint density at radius 2 is 1.81 bits per heavy atom. The molecule has 0 aliphatic rings. The number of methoxy groups -OCH3 is 1. The van der Waals surface area contributed by atoms with Crippen molar-refractivity contribution in [2.75, 3.05) is 7.11 Å². The molecule has 0 saturated carbocycles. The van der Waals surface area contributed by atoms with Crippen LogP contribution in [-0.2, 0) is 9.39 Å². The fourth-order valence-electron chi connectivity index (χ4n) is 1.68. The number of hydrogen-bond donors (Lipinski definition) is 2. The van der Waals surface area contributed by atoms with Crippen LogP contribution < -0.4 is 5.46 Å². The second-order valence-electron chi connectivity index (χ2n) is 6.10. The molecule has 0 saturated heterocycles. The maximum atomic E-state index is 11.5. The first kappa shape index (κ1) is 17.7. The van der Waals surface area contributed by atoms with E-state index in [0.29, 0.717) is 16.6 Å². The highest BCUT2D eigenvalue weighted by atomic mass is 16.5. The third-order valence-corrected chi connectivity index (χ3v) is 3.84. The molecule has 0 spiro atoms. The van der Waals surface area contributed by atoms with Crippen LogP contribution >= 0.6 is 0 Å². The van der Waals surface area contributed by atoms with Crippen molar-refractivity contribution in [2.24, 2.45) is 0 Å². The van der Waals surface area contributed by atoms with Crippen molar-refractivity contribution in [3.8, 4) is 0 Å². The molecule has 0 aromatic heterocycles. The first-order chi connectivity index (χ1) is 9.49. The van der Waals surface area contributed by atoms with Gasteiger partial charge in [0.1, 0.15) is 0 Å². The Labute approximate surface area is 126 Å². The topological polar surface area (TPSA) is 76.0 Å². The highest BCUT2D eigenvalue weighted by Crippen LogP contribution is 2.25. The van der Waals surface area contributed by atoms with Gasteiger partial charge in [0.2, 0.25) is 0 Å². The second kappa shape index (κ2) is 6.18. The van der Waals surface area contributed by atoms with E-state index in [-0.39, 0.29) is 0 Å². The number of carbonyl (C=O) groups is 1. The lowest BCUT2D eigenvalue weighted by Gasteiger charge is -2.38. The summed E-state index contributed by atoms with van der Waals surface area (Å²) in [6.07, 6.45) is 0. The Kier molecular flexibility index (Phi) is 5.20. The lowest BCUT2D eigenvalue weighted by atomic mass is 9.74. The number of benzene rings is 1. The predicted molar refractivity (Wildman–Crippen MR) is 81.6 cm³/mol. The van der Waals surface area contributed by atoms with Gasteiger partial charge >= 0.3 is 13.1 Å². The summed E-state index contributed by atoms with van der Waals surface area (Å²) in [5.74, 6) is -0.433. The van der Waals surface area contributed by atoms with E-state index < -0.39 is 24.3 Å². The second-order valence-corrected chi connectivity index (χ2v) is 6.10. The summed E-state index contributed by atoms with van der Waals surface area (Å²) >= 11 is 0. The molecule has 5 nitrogen and oxygen atoms in total. The van der Waals surface area contributed by atoms with Crippen molar-refractivity contribution in [1.82, 2.24) is 0 Å². The van der Waals surface area contributed by atoms with Gasteiger partial charge in [-0.05, 0) is 52.2 Å².